The van der Waals surface area contributed by atoms with Crippen LogP contribution in [0.4, 0.5) is 107 Å². The lowest BCUT2D eigenvalue weighted by atomic mass is 9.93. The third-order valence-corrected chi connectivity index (χ3v) is 5.93. The fourth-order valence-electron chi connectivity index (χ4n) is 4.31. The fraction of sp³-hybridized carbons (Fsp3) is 0.250. The van der Waals surface area contributed by atoms with Gasteiger partial charge in [-0.25, -0.2) is 0 Å². The number of halogens is 18. The van der Waals surface area contributed by atoms with Crippen molar-refractivity contribution in [3.8, 4) is 0 Å². The fourth-order valence-corrected chi connectivity index (χ4v) is 4.31. The summed E-state index contributed by atoms with van der Waals surface area (Å²) >= 11 is 0. The second-order valence-corrected chi connectivity index (χ2v) is 8.88. The van der Waals surface area contributed by atoms with E-state index in [4.69, 9.17) is 11.5 Å². The molecule has 0 fully saturated rings. The second-order valence-electron chi connectivity index (χ2n) is 8.88. The minimum Gasteiger partial charge on any atom is -0.397 e. The van der Waals surface area contributed by atoms with Crippen molar-refractivity contribution in [1.29, 1.82) is 0 Å². The predicted octanol–water partition coefficient (Wildman–Crippen LogP) is 10.4. The molecule has 0 aromatic heterocycles. The summed E-state index contributed by atoms with van der Waals surface area (Å²) in [5.74, 6) is 0. The van der Waals surface area contributed by atoms with Crippen LogP contribution in [0.5, 0.6) is 0 Å². The normalized spacial score (nSPS) is 13.7. The van der Waals surface area contributed by atoms with Gasteiger partial charge in [-0.05, 0) is 24.3 Å². The van der Waals surface area contributed by atoms with Gasteiger partial charge >= 0.3 is 37.1 Å². The van der Waals surface area contributed by atoms with Gasteiger partial charge in [0, 0.05) is 5.69 Å². The van der Waals surface area contributed by atoms with E-state index in [9.17, 15) is 79.0 Å². The average molecular weight is 683 g/mol. The summed E-state index contributed by atoms with van der Waals surface area (Å²) in [7, 11) is 0. The molecule has 45 heavy (non-hydrogen) atoms. The maximum absolute atomic E-state index is 14.2. The Bertz CT molecular complexity index is 1470. The van der Waals surface area contributed by atoms with Crippen molar-refractivity contribution in [2.24, 2.45) is 0 Å². The third-order valence-electron chi connectivity index (χ3n) is 5.93. The van der Waals surface area contributed by atoms with Gasteiger partial charge in [0.15, 0.2) is 0 Å². The Hall–Kier alpha value is -4.20. The second kappa shape index (κ2) is 10.7. The van der Waals surface area contributed by atoms with Crippen molar-refractivity contribution in [2.75, 3.05) is 16.4 Å². The van der Waals surface area contributed by atoms with Crippen LogP contribution in [0.1, 0.15) is 33.4 Å². The topological polar surface area (TPSA) is 55.3 Å². The lowest BCUT2D eigenvalue weighted by molar-refractivity contribution is -0.163. The summed E-state index contributed by atoms with van der Waals surface area (Å²) in [4.78, 5) is -0.763. The molecular formula is C24H11F18N3. The molecule has 0 aliphatic heterocycles. The van der Waals surface area contributed by atoms with E-state index in [1.54, 1.807) is 0 Å². The summed E-state index contributed by atoms with van der Waals surface area (Å²) < 4.78 is 250. The Labute approximate surface area is 237 Å². The van der Waals surface area contributed by atoms with E-state index < -0.39 is 116 Å². The molecule has 0 saturated carbocycles. The number of para-hydroxylation sites is 1. The number of hydrogen-bond donors (Lipinski definition) is 2. The first-order chi connectivity index (χ1) is 20.0. The van der Waals surface area contributed by atoms with Crippen LogP contribution in [0.3, 0.4) is 0 Å². The molecular weight excluding hydrogens is 672 g/mol. The molecule has 0 aliphatic carbocycles. The lowest BCUT2D eigenvalue weighted by Crippen LogP contribution is -2.29. The molecule has 0 spiro atoms. The minimum absolute atomic E-state index is 0.453. The van der Waals surface area contributed by atoms with Crippen LogP contribution in [0.2, 0.25) is 0 Å². The molecule has 3 rings (SSSR count). The van der Waals surface area contributed by atoms with Gasteiger partial charge in [0.2, 0.25) is 0 Å². The minimum atomic E-state index is -6.31. The zero-order valence-electron chi connectivity index (χ0n) is 20.9. The molecule has 3 aromatic carbocycles. The van der Waals surface area contributed by atoms with Gasteiger partial charge in [0.05, 0.1) is 56.1 Å². The molecule has 4 N–H and O–H groups in total. The SMILES string of the molecule is Nc1c(N(c2ccccc2)c2c(C(F)(F)F)cc(C(F)(F)F)c(C(F)(F)F)c2N)c(C(F)(F)F)cc(C(F)(F)F)c1C(F)(F)F. The Morgan fingerprint density at radius 2 is 0.689 bits per heavy atom. The first-order valence-corrected chi connectivity index (χ1v) is 11.2. The molecule has 248 valence electrons. The van der Waals surface area contributed by atoms with Crippen LogP contribution in [-0.4, -0.2) is 0 Å². The van der Waals surface area contributed by atoms with Crippen LogP contribution < -0.4 is 16.4 Å². The number of nitrogen functional groups attached to an aromatic ring is 2. The molecule has 0 aliphatic rings. The first-order valence-electron chi connectivity index (χ1n) is 11.2. The van der Waals surface area contributed by atoms with E-state index in [0.29, 0.717) is 12.1 Å². The standard InChI is InChI=1S/C24H11F18N3/c25-19(26,27)9-6-11(21(31,32)33)17(15(43)13(9)23(37,38)39)45(8-4-2-1-3-5-8)18-12(22(34,35)36)7-10(20(28,29)30)14(16(18)44)24(40,41)42/h1-7H,43-44H2. The van der Waals surface area contributed by atoms with E-state index in [1.165, 1.54) is 0 Å². The molecule has 3 nitrogen and oxygen atoms in total. The summed E-state index contributed by atoms with van der Waals surface area (Å²) in [6.45, 7) is 0. The number of alkyl halides is 18. The Morgan fingerprint density at radius 1 is 0.400 bits per heavy atom. The van der Waals surface area contributed by atoms with Gasteiger partial charge in [-0.1, -0.05) is 18.2 Å². The van der Waals surface area contributed by atoms with Crippen LogP contribution in [-0.2, 0) is 37.1 Å². The van der Waals surface area contributed by atoms with Crippen molar-refractivity contribution in [3.63, 3.8) is 0 Å². The molecule has 3 aromatic rings. The monoisotopic (exact) mass is 683 g/mol. The molecule has 0 heterocycles. The van der Waals surface area contributed by atoms with Gasteiger partial charge in [-0.3, -0.25) is 0 Å². The van der Waals surface area contributed by atoms with Gasteiger partial charge in [0.1, 0.15) is 0 Å². The molecule has 0 atom stereocenters. The zero-order chi connectivity index (χ0) is 34.9. The summed E-state index contributed by atoms with van der Waals surface area (Å²) in [6.07, 6.45) is -37.6. The van der Waals surface area contributed by atoms with Gasteiger partial charge in [-0.15, -0.1) is 0 Å². The summed E-state index contributed by atoms with van der Waals surface area (Å²) in [6, 6.07) is 0.971. The highest BCUT2D eigenvalue weighted by Crippen LogP contribution is 2.58. The molecule has 0 amide bonds. The van der Waals surface area contributed by atoms with E-state index in [1.807, 2.05) is 0 Å². The molecule has 21 heteroatoms. The van der Waals surface area contributed by atoms with Gasteiger partial charge in [0.25, 0.3) is 0 Å². The zero-order valence-corrected chi connectivity index (χ0v) is 20.9. The molecule has 0 saturated heterocycles. The third kappa shape index (κ3) is 6.75. The molecule has 0 radical (unpaired) electrons. The van der Waals surface area contributed by atoms with Crippen molar-refractivity contribution in [1.82, 2.24) is 0 Å². The first kappa shape index (κ1) is 35.3. The number of hydrogen-bond acceptors (Lipinski definition) is 3. The Kier molecular flexibility index (Phi) is 8.40. The lowest BCUT2D eigenvalue weighted by Gasteiger charge is -2.35. The van der Waals surface area contributed by atoms with E-state index in [-0.39, 0.29) is 0 Å². The number of rotatable bonds is 3. The van der Waals surface area contributed by atoms with E-state index in [2.05, 4.69) is 0 Å². The van der Waals surface area contributed by atoms with Crippen molar-refractivity contribution < 1.29 is 79.0 Å². The van der Waals surface area contributed by atoms with Crippen LogP contribution in [0, 0.1) is 0 Å². The predicted molar refractivity (Wildman–Crippen MR) is 120 cm³/mol. The summed E-state index contributed by atoms with van der Waals surface area (Å²) in [5.41, 5.74) is -19.1. The molecule has 0 bridgehead atoms. The maximum Gasteiger partial charge on any atom is 0.419 e. The highest BCUT2D eigenvalue weighted by Gasteiger charge is 2.53. The summed E-state index contributed by atoms with van der Waals surface area (Å²) in [5, 5.41) is 0. The number of nitrogens with two attached hydrogens (primary N) is 2. The number of benzene rings is 3. The van der Waals surface area contributed by atoms with Gasteiger partial charge < -0.3 is 16.4 Å². The van der Waals surface area contributed by atoms with E-state index in [0.717, 1.165) is 18.2 Å². The van der Waals surface area contributed by atoms with Crippen molar-refractivity contribution >= 4 is 28.4 Å². The van der Waals surface area contributed by atoms with E-state index >= 15 is 0 Å². The number of nitrogens with zero attached hydrogens (tertiary/aromatic N) is 1. The Balaban J connectivity index is 2.82. The smallest absolute Gasteiger partial charge is 0.397 e. The molecule has 0 unspecified atom stereocenters. The highest BCUT2D eigenvalue weighted by molar-refractivity contribution is 5.95. The average Bonchev–Trinajstić information content (AvgIpc) is 2.81. The highest BCUT2D eigenvalue weighted by atomic mass is 19.4. The van der Waals surface area contributed by atoms with Gasteiger partial charge in [-0.2, -0.15) is 79.0 Å². The van der Waals surface area contributed by atoms with Crippen molar-refractivity contribution in [3.05, 3.63) is 75.8 Å². The van der Waals surface area contributed by atoms with Crippen molar-refractivity contribution in [2.45, 2.75) is 37.1 Å². The number of anilines is 5. The Morgan fingerprint density at radius 3 is 0.933 bits per heavy atom. The quantitative estimate of drug-likeness (QED) is 0.214. The van der Waals surface area contributed by atoms with Crippen LogP contribution in [0.25, 0.3) is 0 Å². The largest absolute Gasteiger partial charge is 0.419 e. The van der Waals surface area contributed by atoms with Crippen LogP contribution >= 0.6 is 0 Å². The van der Waals surface area contributed by atoms with Crippen LogP contribution in [0.15, 0.2) is 42.5 Å². The maximum atomic E-state index is 14.2.